The summed E-state index contributed by atoms with van der Waals surface area (Å²) < 4.78 is 2.87. The summed E-state index contributed by atoms with van der Waals surface area (Å²) in [6.45, 7) is 0.367. The third kappa shape index (κ3) is 3.94. The van der Waals surface area contributed by atoms with E-state index in [1.54, 1.807) is 31.0 Å². The average Bonchev–Trinajstić information content (AvgIpc) is 3.08. The highest BCUT2D eigenvalue weighted by Gasteiger charge is 2.27. The molecule has 1 atom stereocenters. The highest BCUT2D eigenvalue weighted by Crippen LogP contribution is 2.26. The second kappa shape index (κ2) is 6.89. The van der Waals surface area contributed by atoms with Crippen molar-refractivity contribution in [2.75, 3.05) is 0 Å². The summed E-state index contributed by atoms with van der Waals surface area (Å²) in [5.41, 5.74) is 0.588. The van der Waals surface area contributed by atoms with Crippen molar-refractivity contribution < 1.29 is 5.11 Å². The molecular weight excluding hydrogens is 354 g/mol. The van der Waals surface area contributed by atoms with Crippen LogP contribution in [-0.4, -0.2) is 19.6 Å². The van der Waals surface area contributed by atoms with Crippen LogP contribution < -0.4 is 0 Å². The molecule has 3 aromatic rings. The molecule has 0 saturated carbocycles. The Labute approximate surface area is 143 Å². The van der Waals surface area contributed by atoms with Crippen LogP contribution in [0.15, 0.2) is 78.1 Å². The minimum absolute atomic E-state index is 0.367. The van der Waals surface area contributed by atoms with Crippen LogP contribution in [-0.2, 0) is 12.1 Å². The first-order chi connectivity index (χ1) is 11.2. The van der Waals surface area contributed by atoms with Crippen LogP contribution in [0, 0.1) is 0 Å². The lowest BCUT2D eigenvalue weighted by Gasteiger charge is -2.25. The van der Waals surface area contributed by atoms with Crippen molar-refractivity contribution in [1.29, 1.82) is 0 Å². The van der Waals surface area contributed by atoms with Crippen LogP contribution >= 0.6 is 15.9 Å². The fraction of sp³-hybridized carbons (Fsp3) is 0.111. The second-order valence-electron chi connectivity index (χ2n) is 5.29. The molecule has 0 aliphatic carbocycles. The highest BCUT2D eigenvalue weighted by atomic mass is 79.9. The van der Waals surface area contributed by atoms with Crippen molar-refractivity contribution in [1.82, 2.24) is 14.5 Å². The SMILES string of the molecule is OC(/C=C/c1ccc(Br)cc1)(Cn1ccnc1)c1cccnc1. The Morgan fingerprint density at radius 3 is 2.61 bits per heavy atom. The predicted octanol–water partition coefficient (Wildman–Crippen LogP) is 3.64. The summed E-state index contributed by atoms with van der Waals surface area (Å²) in [6, 6.07) is 11.6. The number of halogens is 1. The van der Waals surface area contributed by atoms with Crippen molar-refractivity contribution in [3.05, 3.63) is 89.2 Å². The average molecular weight is 370 g/mol. The largest absolute Gasteiger partial charge is 0.379 e. The van der Waals surface area contributed by atoms with Crippen molar-refractivity contribution in [2.24, 2.45) is 0 Å². The summed E-state index contributed by atoms with van der Waals surface area (Å²) in [5.74, 6) is 0. The lowest BCUT2D eigenvalue weighted by molar-refractivity contribution is 0.0701. The number of rotatable bonds is 5. The van der Waals surface area contributed by atoms with E-state index in [9.17, 15) is 5.11 Å². The van der Waals surface area contributed by atoms with Gasteiger partial charge in [-0.1, -0.05) is 40.2 Å². The summed E-state index contributed by atoms with van der Waals surface area (Å²) in [7, 11) is 0. The molecule has 0 saturated heterocycles. The van der Waals surface area contributed by atoms with Gasteiger partial charge >= 0.3 is 0 Å². The van der Waals surface area contributed by atoms with Gasteiger partial charge in [0.25, 0.3) is 0 Å². The van der Waals surface area contributed by atoms with Gasteiger partial charge in [-0.3, -0.25) is 4.98 Å². The molecule has 23 heavy (non-hydrogen) atoms. The minimum Gasteiger partial charge on any atom is -0.379 e. The molecule has 0 aliphatic rings. The zero-order valence-electron chi connectivity index (χ0n) is 12.4. The zero-order chi connectivity index (χ0) is 16.1. The first-order valence-electron chi connectivity index (χ1n) is 7.19. The number of hydrogen-bond donors (Lipinski definition) is 1. The molecule has 0 amide bonds. The molecule has 0 bridgehead atoms. The molecule has 1 aromatic carbocycles. The molecule has 5 heteroatoms. The van der Waals surface area contributed by atoms with E-state index in [4.69, 9.17) is 0 Å². The van der Waals surface area contributed by atoms with Gasteiger partial charge in [0, 0.05) is 34.8 Å². The monoisotopic (exact) mass is 369 g/mol. The van der Waals surface area contributed by atoms with Crippen molar-refractivity contribution in [3.8, 4) is 0 Å². The van der Waals surface area contributed by atoms with E-state index in [-0.39, 0.29) is 0 Å². The summed E-state index contributed by atoms with van der Waals surface area (Å²) >= 11 is 3.42. The van der Waals surface area contributed by atoms with Gasteiger partial charge in [-0.25, -0.2) is 4.98 Å². The van der Waals surface area contributed by atoms with E-state index < -0.39 is 5.60 Å². The van der Waals surface area contributed by atoms with Gasteiger partial charge in [0.15, 0.2) is 0 Å². The molecule has 116 valence electrons. The minimum atomic E-state index is -1.16. The van der Waals surface area contributed by atoms with E-state index in [1.807, 2.05) is 53.2 Å². The fourth-order valence-electron chi connectivity index (χ4n) is 2.33. The lowest BCUT2D eigenvalue weighted by atomic mass is 9.93. The zero-order valence-corrected chi connectivity index (χ0v) is 14.0. The Hall–Kier alpha value is -2.24. The number of pyridine rings is 1. The topological polar surface area (TPSA) is 50.9 Å². The van der Waals surface area contributed by atoms with Crippen LogP contribution in [0.2, 0.25) is 0 Å². The quantitative estimate of drug-likeness (QED) is 0.746. The number of hydrogen-bond acceptors (Lipinski definition) is 3. The van der Waals surface area contributed by atoms with Gasteiger partial charge in [-0.15, -0.1) is 0 Å². The van der Waals surface area contributed by atoms with Crippen LogP contribution in [0.3, 0.4) is 0 Å². The fourth-order valence-corrected chi connectivity index (χ4v) is 2.59. The van der Waals surface area contributed by atoms with Crippen LogP contribution in [0.25, 0.3) is 6.08 Å². The second-order valence-corrected chi connectivity index (χ2v) is 6.20. The number of nitrogens with zero attached hydrogens (tertiary/aromatic N) is 3. The Balaban J connectivity index is 1.93. The predicted molar refractivity (Wildman–Crippen MR) is 93.5 cm³/mol. The smallest absolute Gasteiger partial charge is 0.127 e. The first-order valence-corrected chi connectivity index (χ1v) is 7.98. The van der Waals surface area contributed by atoms with Gasteiger partial charge < -0.3 is 9.67 Å². The Bertz CT molecular complexity index is 770. The summed E-state index contributed by atoms with van der Waals surface area (Å²) in [6.07, 6.45) is 12.3. The number of aliphatic hydroxyl groups is 1. The first kappa shape index (κ1) is 15.6. The summed E-state index contributed by atoms with van der Waals surface area (Å²) in [5, 5.41) is 11.2. The van der Waals surface area contributed by atoms with Gasteiger partial charge in [-0.05, 0) is 29.8 Å². The van der Waals surface area contributed by atoms with E-state index >= 15 is 0 Å². The molecule has 2 aromatic heterocycles. The molecule has 0 aliphatic heterocycles. The van der Waals surface area contributed by atoms with E-state index in [1.165, 1.54) is 0 Å². The highest BCUT2D eigenvalue weighted by molar-refractivity contribution is 9.10. The Kier molecular flexibility index (Phi) is 4.69. The summed E-state index contributed by atoms with van der Waals surface area (Å²) in [4.78, 5) is 8.16. The maximum atomic E-state index is 11.2. The third-order valence-electron chi connectivity index (χ3n) is 3.57. The van der Waals surface area contributed by atoms with Crippen molar-refractivity contribution >= 4 is 22.0 Å². The third-order valence-corrected chi connectivity index (χ3v) is 4.09. The maximum absolute atomic E-state index is 11.2. The molecular formula is C18H16BrN3O. The number of aromatic nitrogens is 3. The molecule has 3 rings (SSSR count). The molecule has 1 N–H and O–H groups in total. The van der Waals surface area contributed by atoms with Gasteiger partial charge in [0.1, 0.15) is 5.60 Å². The van der Waals surface area contributed by atoms with Crippen LogP contribution in [0.5, 0.6) is 0 Å². The molecule has 0 spiro atoms. The van der Waals surface area contributed by atoms with E-state index in [2.05, 4.69) is 25.9 Å². The molecule has 4 nitrogen and oxygen atoms in total. The lowest BCUT2D eigenvalue weighted by Crippen LogP contribution is -2.28. The van der Waals surface area contributed by atoms with Crippen molar-refractivity contribution in [2.45, 2.75) is 12.1 Å². The molecule has 0 radical (unpaired) electrons. The number of benzene rings is 1. The Morgan fingerprint density at radius 1 is 1.13 bits per heavy atom. The standard InChI is InChI=1S/C18H16BrN3O/c19-17-5-3-15(4-6-17)7-8-18(23,13-22-11-10-21-14-22)16-2-1-9-20-12-16/h1-12,14,23H,13H2/b8-7+. The van der Waals surface area contributed by atoms with Gasteiger partial charge in [0.2, 0.25) is 0 Å². The number of imidazole rings is 1. The normalized spacial score (nSPS) is 14.0. The van der Waals surface area contributed by atoms with Gasteiger partial charge in [-0.2, -0.15) is 0 Å². The maximum Gasteiger partial charge on any atom is 0.127 e. The van der Waals surface area contributed by atoms with Crippen molar-refractivity contribution in [3.63, 3.8) is 0 Å². The van der Waals surface area contributed by atoms with Crippen LogP contribution in [0.1, 0.15) is 11.1 Å². The Morgan fingerprint density at radius 2 is 1.96 bits per heavy atom. The van der Waals surface area contributed by atoms with E-state index in [0.29, 0.717) is 6.54 Å². The van der Waals surface area contributed by atoms with Crippen LogP contribution in [0.4, 0.5) is 0 Å². The van der Waals surface area contributed by atoms with E-state index in [0.717, 1.165) is 15.6 Å². The van der Waals surface area contributed by atoms with Gasteiger partial charge in [0.05, 0.1) is 12.9 Å². The molecule has 2 heterocycles. The molecule has 1 unspecified atom stereocenters. The molecule has 0 fully saturated rings.